The number of allylic oxidation sites excluding steroid dienone is 2. The van der Waals surface area contributed by atoms with Crippen LogP contribution in [0.5, 0.6) is 0 Å². The van der Waals surface area contributed by atoms with E-state index in [1.54, 1.807) is 43.5 Å². The molecule has 1 saturated carbocycles. The third-order valence-electron chi connectivity index (χ3n) is 7.47. The van der Waals surface area contributed by atoms with Crippen LogP contribution in [0.25, 0.3) is 12.2 Å². The van der Waals surface area contributed by atoms with Crippen molar-refractivity contribution in [3.05, 3.63) is 131 Å². The highest BCUT2D eigenvalue weighted by Gasteiger charge is 2.31. The fraction of sp³-hybridized carbons (Fsp3) is 0.289. The minimum atomic E-state index is -4.70. The monoisotopic (exact) mass is 631 g/mol. The molecule has 1 fully saturated rings. The first-order valence-electron chi connectivity index (χ1n) is 15.5. The predicted molar refractivity (Wildman–Crippen MR) is 183 cm³/mol. The zero-order valence-electron chi connectivity index (χ0n) is 27.1. The largest absolute Gasteiger partial charge is 0.497 e. The van der Waals surface area contributed by atoms with Crippen molar-refractivity contribution in [2.24, 2.45) is 5.92 Å². The number of ether oxygens (including phenoxy) is 1. The molecule has 0 bridgehead atoms. The molecule has 1 atom stereocenters. The molecular weight excluding hydrogens is 587 g/mol. The van der Waals surface area contributed by atoms with Crippen LogP contribution in [0.3, 0.4) is 0 Å². The molecule has 4 rings (SSSR count). The Morgan fingerprint density at radius 1 is 0.978 bits per heavy atom. The number of benzene rings is 3. The molecular formula is C38H44F3N3O2. The smallest absolute Gasteiger partial charge is 0.415 e. The molecule has 0 aromatic heterocycles. The van der Waals surface area contributed by atoms with Crippen LogP contribution in [0, 0.1) is 5.92 Å². The number of rotatable bonds is 13. The van der Waals surface area contributed by atoms with E-state index in [9.17, 15) is 18.0 Å². The van der Waals surface area contributed by atoms with E-state index in [1.807, 2.05) is 57.2 Å². The molecule has 3 aromatic carbocycles. The van der Waals surface area contributed by atoms with Crippen LogP contribution >= 0.6 is 0 Å². The van der Waals surface area contributed by atoms with Gasteiger partial charge in [-0.2, -0.15) is 13.2 Å². The summed E-state index contributed by atoms with van der Waals surface area (Å²) in [6, 6.07) is 21.7. The molecule has 3 aromatic rings. The van der Waals surface area contributed by atoms with Gasteiger partial charge >= 0.3 is 6.18 Å². The summed E-state index contributed by atoms with van der Waals surface area (Å²) in [7, 11) is 1.56. The summed E-state index contributed by atoms with van der Waals surface area (Å²) in [5.41, 5.74) is 2.04. The summed E-state index contributed by atoms with van der Waals surface area (Å²) in [4.78, 5) is 13.5. The Hall–Kier alpha value is -4.56. The third kappa shape index (κ3) is 9.97. The van der Waals surface area contributed by atoms with Gasteiger partial charge in [0.15, 0.2) is 0 Å². The fourth-order valence-electron chi connectivity index (χ4n) is 4.79. The fourth-order valence-corrected chi connectivity index (χ4v) is 4.79. The molecule has 1 amide bonds. The molecule has 0 heterocycles. The number of nitrogens with one attached hydrogen (secondary N) is 3. The lowest BCUT2D eigenvalue weighted by atomic mass is 9.94. The van der Waals surface area contributed by atoms with E-state index >= 15 is 0 Å². The Bertz CT molecular complexity index is 1670. The third-order valence-corrected chi connectivity index (χ3v) is 7.47. The van der Waals surface area contributed by atoms with E-state index in [0.29, 0.717) is 23.1 Å². The highest BCUT2D eigenvalue weighted by Crippen LogP contribution is 2.33. The van der Waals surface area contributed by atoms with Gasteiger partial charge in [0.25, 0.3) is 5.91 Å². The summed E-state index contributed by atoms with van der Waals surface area (Å²) >= 11 is 0. The second-order valence-electron chi connectivity index (χ2n) is 10.8. The molecule has 0 saturated heterocycles. The summed E-state index contributed by atoms with van der Waals surface area (Å²) in [5, 5.41) is 11.0. The van der Waals surface area contributed by atoms with Crippen LogP contribution < -0.4 is 26.4 Å². The van der Waals surface area contributed by atoms with Crippen LogP contribution in [-0.2, 0) is 16.0 Å². The van der Waals surface area contributed by atoms with E-state index in [4.69, 9.17) is 4.74 Å². The number of methoxy groups -OCH3 is 1. The number of hydrogen-bond donors (Lipinski definition) is 3. The minimum Gasteiger partial charge on any atom is -0.497 e. The number of alkyl halides is 3. The molecule has 244 valence electrons. The number of aryl methyl sites for hydroxylation is 1. The Kier molecular flexibility index (Phi) is 13.0. The highest BCUT2D eigenvalue weighted by atomic mass is 19.4. The van der Waals surface area contributed by atoms with E-state index in [0.717, 1.165) is 59.0 Å². The van der Waals surface area contributed by atoms with Gasteiger partial charge in [-0.05, 0) is 83.6 Å². The maximum atomic E-state index is 13.5. The highest BCUT2D eigenvalue weighted by molar-refractivity contribution is 6.06. The Morgan fingerprint density at radius 2 is 1.63 bits per heavy atom. The first kappa shape index (κ1) is 35.9. The number of amides is 1. The molecule has 0 radical (unpaired) electrons. The van der Waals surface area contributed by atoms with Crippen LogP contribution in [0.15, 0.2) is 109 Å². The average Bonchev–Trinajstić information content (AvgIpc) is 3.88. The van der Waals surface area contributed by atoms with Crippen molar-refractivity contribution in [1.82, 2.24) is 5.32 Å². The van der Waals surface area contributed by atoms with Gasteiger partial charge in [-0.3, -0.25) is 4.79 Å². The molecule has 5 nitrogen and oxygen atoms in total. The molecule has 46 heavy (non-hydrogen) atoms. The zero-order chi connectivity index (χ0) is 33.9. The minimum absolute atomic E-state index is 0.291. The van der Waals surface area contributed by atoms with Gasteiger partial charge in [0.1, 0.15) is 11.5 Å². The normalized spacial score (nSPS) is 14.3. The van der Waals surface area contributed by atoms with Gasteiger partial charge in [-0.1, -0.05) is 89.0 Å². The molecule has 8 heteroatoms. The molecule has 1 unspecified atom stereocenters. The van der Waals surface area contributed by atoms with E-state index in [1.165, 1.54) is 0 Å². The van der Waals surface area contributed by atoms with E-state index < -0.39 is 17.7 Å². The van der Waals surface area contributed by atoms with Gasteiger partial charge in [0.05, 0.1) is 18.7 Å². The maximum Gasteiger partial charge on any atom is 0.415 e. The number of halogens is 3. The quantitative estimate of drug-likeness (QED) is 0.102. The maximum absolute atomic E-state index is 13.5. The van der Waals surface area contributed by atoms with Crippen molar-refractivity contribution in [2.45, 2.75) is 52.3 Å². The second-order valence-corrected chi connectivity index (χ2v) is 10.8. The van der Waals surface area contributed by atoms with Gasteiger partial charge in [0, 0.05) is 16.9 Å². The predicted octanol–water partition coefficient (Wildman–Crippen LogP) is 7.79. The SMILES string of the molecule is C=C(OC)/C(=c1/ccccc1=C)C(NCC1CC1)c1cccc(NC(=O)/C(=C/C(=C)C(F)(F)F)Nc2cccc(CC)c2)c1.CC. The van der Waals surface area contributed by atoms with Crippen LogP contribution in [0.2, 0.25) is 0 Å². The lowest BCUT2D eigenvalue weighted by Crippen LogP contribution is -2.34. The van der Waals surface area contributed by atoms with Crippen LogP contribution in [0.4, 0.5) is 24.5 Å². The van der Waals surface area contributed by atoms with Crippen LogP contribution in [-0.4, -0.2) is 25.7 Å². The van der Waals surface area contributed by atoms with E-state index in [-0.39, 0.29) is 11.7 Å². The summed E-state index contributed by atoms with van der Waals surface area (Å²) in [6.45, 7) is 18.2. The van der Waals surface area contributed by atoms with Gasteiger partial charge in [0.2, 0.25) is 0 Å². The summed E-state index contributed by atoms with van der Waals surface area (Å²) in [6.07, 6.45) is -0.952. The van der Waals surface area contributed by atoms with Gasteiger partial charge in [-0.15, -0.1) is 0 Å². The van der Waals surface area contributed by atoms with Crippen molar-refractivity contribution in [3.63, 3.8) is 0 Å². The average molecular weight is 632 g/mol. The topological polar surface area (TPSA) is 62.4 Å². The van der Waals surface area contributed by atoms with E-state index in [2.05, 4.69) is 35.7 Å². The number of anilines is 2. The molecule has 1 aliphatic carbocycles. The lowest BCUT2D eigenvalue weighted by molar-refractivity contribution is -0.112. The molecule has 0 aliphatic heterocycles. The number of carbonyl (C=O) groups is 1. The molecule has 0 spiro atoms. The number of carbonyl (C=O) groups excluding carboxylic acids is 1. The number of hydrogen-bond acceptors (Lipinski definition) is 4. The van der Waals surface area contributed by atoms with Crippen LogP contribution in [0.1, 0.15) is 50.8 Å². The Balaban J connectivity index is 0.00000282. The van der Waals surface area contributed by atoms with Crippen molar-refractivity contribution >= 4 is 29.4 Å². The Labute approximate surface area is 270 Å². The van der Waals surface area contributed by atoms with Crippen molar-refractivity contribution in [2.75, 3.05) is 24.3 Å². The van der Waals surface area contributed by atoms with Crippen molar-refractivity contribution in [1.29, 1.82) is 0 Å². The summed E-state index contributed by atoms with van der Waals surface area (Å²) in [5.74, 6) is 0.294. The second kappa shape index (κ2) is 16.7. The van der Waals surface area contributed by atoms with Gasteiger partial charge in [-0.25, -0.2) is 0 Å². The van der Waals surface area contributed by atoms with Crippen molar-refractivity contribution in [3.8, 4) is 0 Å². The van der Waals surface area contributed by atoms with Gasteiger partial charge < -0.3 is 20.7 Å². The lowest BCUT2D eigenvalue weighted by Gasteiger charge is -2.25. The summed E-state index contributed by atoms with van der Waals surface area (Å²) < 4.78 is 45.9. The molecule has 1 aliphatic rings. The van der Waals surface area contributed by atoms with Crippen molar-refractivity contribution < 1.29 is 22.7 Å². The molecule has 3 N–H and O–H groups in total. The zero-order valence-corrected chi connectivity index (χ0v) is 27.1. The Morgan fingerprint density at radius 3 is 2.24 bits per heavy atom. The first-order chi connectivity index (χ1) is 22.0. The first-order valence-corrected chi connectivity index (χ1v) is 15.5. The standard InChI is InChI=1S/C36H38F3N3O2.C2H6/c1-6-26-12-9-14-29(20-26)41-32(19-24(3)36(37,38)39)35(43)42-30-15-10-13-28(21-30)34(40-22-27-17-18-27)33(25(4)44-5)31-16-8-7-11-23(31)2;1-2/h7-16,19-21,27,34,40-41H,2-4,6,17-18,22H2,1,5H3,(H,42,43);1-2H3/b32-19-,33-31+;.